The Morgan fingerprint density at radius 1 is 1.38 bits per heavy atom. The average molecular weight is 308 g/mol. The molecule has 0 aliphatic heterocycles. The molecule has 1 N–H and O–H groups in total. The van der Waals surface area contributed by atoms with E-state index < -0.39 is 21.8 Å². The number of aromatic nitrogens is 1. The molecule has 6 nitrogen and oxygen atoms in total. The van der Waals surface area contributed by atoms with Crippen molar-refractivity contribution in [1.82, 2.24) is 9.71 Å². The highest BCUT2D eigenvalue weighted by Crippen LogP contribution is 2.46. The Kier molecular flexibility index (Phi) is 3.32. The highest BCUT2D eigenvalue weighted by atomic mass is 32.2. The molecule has 0 spiro atoms. The summed E-state index contributed by atoms with van der Waals surface area (Å²) in [5.74, 6) is -1.07. The smallest absolute Gasteiger partial charge is 0.265 e. The molecule has 0 aromatic carbocycles. The number of sulfonamides is 1. The van der Waals surface area contributed by atoms with Crippen LogP contribution < -0.4 is 4.72 Å². The standard InChI is InChI=1S/C14H16N2O4S/c1-8-2-3-15-7-13(8)21(19,20)16-14(18)11-5-9-4-10(11)12(17)6-9/h2-3,7,9-11H,4-6H2,1H3,(H,16,18)/t9-,10+,11?/m0/s1. The predicted molar refractivity (Wildman–Crippen MR) is 73.6 cm³/mol. The van der Waals surface area contributed by atoms with Crippen LogP contribution in [0.25, 0.3) is 0 Å². The van der Waals surface area contributed by atoms with Crippen LogP contribution in [0.15, 0.2) is 23.4 Å². The first-order chi connectivity index (χ1) is 9.88. The van der Waals surface area contributed by atoms with Gasteiger partial charge in [0, 0.05) is 30.7 Å². The number of pyridine rings is 1. The van der Waals surface area contributed by atoms with Crippen LogP contribution in [0.4, 0.5) is 0 Å². The molecule has 3 rings (SSSR count). The summed E-state index contributed by atoms with van der Waals surface area (Å²) in [6.45, 7) is 1.64. The van der Waals surface area contributed by atoms with Crippen LogP contribution in [0, 0.1) is 24.7 Å². The second-order valence-corrected chi connectivity index (χ2v) is 7.48. The number of rotatable bonds is 3. The zero-order chi connectivity index (χ0) is 15.2. The Bertz CT molecular complexity index is 713. The average Bonchev–Trinajstić information content (AvgIpc) is 2.97. The van der Waals surface area contributed by atoms with Gasteiger partial charge in [-0.3, -0.25) is 14.6 Å². The number of ketones is 1. The van der Waals surface area contributed by atoms with Crippen molar-refractivity contribution in [3.05, 3.63) is 24.0 Å². The van der Waals surface area contributed by atoms with E-state index in [1.54, 1.807) is 13.0 Å². The number of hydrogen-bond donors (Lipinski definition) is 1. The first-order valence-electron chi connectivity index (χ1n) is 6.88. The van der Waals surface area contributed by atoms with Gasteiger partial charge in [-0.15, -0.1) is 0 Å². The van der Waals surface area contributed by atoms with E-state index in [4.69, 9.17) is 0 Å². The minimum absolute atomic E-state index is 0.00664. The topological polar surface area (TPSA) is 93.2 Å². The van der Waals surface area contributed by atoms with Gasteiger partial charge in [-0.25, -0.2) is 13.1 Å². The highest BCUT2D eigenvalue weighted by Gasteiger charge is 2.49. The first-order valence-corrected chi connectivity index (χ1v) is 8.37. The molecular weight excluding hydrogens is 292 g/mol. The van der Waals surface area contributed by atoms with Crippen molar-refractivity contribution < 1.29 is 18.0 Å². The van der Waals surface area contributed by atoms with Gasteiger partial charge in [0.2, 0.25) is 5.91 Å². The molecule has 1 unspecified atom stereocenters. The number of amides is 1. The van der Waals surface area contributed by atoms with Crippen molar-refractivity contribution >= 4 is 21.7 Å². The quantitative estimate of drug-likeness (QED) is 0.892. The summed E-state index contributed by atoms with van der Waals surface area (Å²) < 4.78 is 26.6. The maximum Gasteiger partial charge on any atom is 0.265 e. The molecule has 3 atom stereocenters. The third-order valence-electron chi connectivity index (χ3n) is 4.42. The lowest BCUT2D eigenvalue weighted by atomic mass is 9.87. The maximum atomic E-state index is 12.3. The van der Waals surface area contributed by atoms with E-state index in [9.17, 15) is 18.0 Å². The molecule has 2 saturated carbocycles. The molecule has 2 aliphatic rings. The Labute approximate surface area is 123 Å². The SMILES string of the molecule is Cc1ccncc1S(=O)(=O)NC(=O)C1C[C@H]2CC(=O)[C@@H]1C2. The van der Waals surface area contributed by atoms with E-state index >= 15 is 0 Å². The van der Waals surface area contributed by atoms with Gasteiger partial charge < -0.3 is 0 Å². The Morgan fingerprint density at radius 3 is 2.76 bits per heavy atom. The summed E-state index contributed by atoms with van der Waals surface area (Å²) in [4.78, 5) is 27.7. The summed E-state index contributed by atoms with van der Waals surface area (Å²) in [5.41, 5.74) is 0.523. The second kappa shape index (κ2) is 4.91. The molecule has 2 bridgehead atoms. The van der Waals surface area contributed by atoms with Gasteiger partial charge in [-0.1, -0.05) is 0 Å². The largest absolute Gasteiger partial charge is 0.299 e. The maximum absolute atomic E-state index is 12.3. The fourth-order valence-corrected chi connectivity index (χ4v) is 4.60. The number of carbonyl (C=O) groups excluding carboxylic acids is 2. The fraction of sp³-hybridized carbons (Fsp3) is 0.500. The molecular formula is C14H16N2O4S. The summed E-state index contributed by atoms with van der Waals surface area (Å²) in [7, 11) is -3.94. The molecule has 0 radical (unpaired) electrons. The van der Waals surface area contributed by atoms with Crippen LogP contribution >= 0.6 is 0 Å². The summed E-state index contributed by atoms with van der Waals surface area (Å²) in [6, 6.07) is 1.57. The van der Waals surface area contributed by atoms with Crippen LogP contribution in [0.2, 0.25) is 0 Å². The minimum Gasteiger partial charge on any atom is -0.299 e. The lowest BCUT2D eigenvalue weighted by molar-refractivity contribution is -0.132. The highest BCUT2D eigenvalue weighted by molar-refractivity contribution is 7.90. The minimum atomic E-state index is -3.94. The van der Waals surface area contributed by atoms with Crippen molar-refractivity contribution in [2.75, 3.05) is 0 Å². The number of nitrogens with one attached hydrogen (secondary N) is 1. The van der Waals surface area contributed by atoms with Gasteiger partial charge in [0.1, 0.15) is 10.7 Å². The number of aryl methyl sites for hydroxylation is 1. The van der Waals surface area contributed by atoms with Crippen LogP contribution in [0.1, 0.15) is 24.8 Å². The molecule has 0 saturated heterocycles. The lowest BCUT2D eigenvalue weighted by Crippen LogP contribution is -2.39. The van der Waals surface area contributed by atoms with Crippen LogP contribution in [-0.2, 0) is 19.6 Å². The number of nitrogens with zero attached hydrogens (tertiary/aromatic N) is 1. The van der Waals surface area contributed by atoms with Crippen molar-refractivity contribution in [3.8, 4) is 0 Å². The third-order valence-corrected chi connectivity index (χ3v) is 5.89. The van der Waals surface area contributed by atoms with E-state index in [2.05, 4.69) is 9.71 Å². The van der Waals surface area contributed by atoms with Gasteiger partial charge >= 0.3 is 0 Å². The monoisotopic (exact) mass is 308 g/mol. The Balaban J connectivity index is 1.79. The van der Waals surface area contributed by atoms with Crippen LogP contribution in [0.5, 0.6) is 0 Å². The molecule has 21 heavy (non-hydrogen) atoms. The summed E-state index contributed by atoms with van der Waals surface area (Å²) in [6.07, 6.45) is 4.55. The van der Waals surface area contributed by atoms with Crippen molar-refractivity contribution in [2.45, 2.75) is 31.1 Å². The van der Waals surface area contributed by atoms with Crippen LogP contribution in [-0.4, -0.2) is 25.1 Å². The Hall–Kier alpha value is -1.76. The zero-order valence-corrected chi connectivity index (χ0v) is 12.4. The molecule has 1 aromatic heterocycles. The van der Waals surface area contributed by atoms with E-state index in [0.717, 1.165) is 0 Å². The van der Waals surface area contributed by atoms with Gasteiger partial charge in [0.25, 0.3) is 10.0 Å². The lowest BCUT2D eigenvalue weighted by Gasteiger charge is -2.20. The van der Waals surface area contributed by atoms with E-state index in [-0.39, 0.29) is 22.5 Å². The molecule has 1 amide bonds. The second-order valence-electron chi connectivity index (χ2n) is 5.83. The number of carbonyl (C=O) groups is 2. The van der Waals surface area contributed by atoms with Gasteiger partial charge in [0.05, 0.1) is 0 Å². The number of hydrogen-bond acceptors (Lipinski definition) is 5. The van der Waals surface area contributed by atoms with E-state index in [1.165, 1.54) is 12.4 Å². The summed E-state index contributed by atoms with van der Waals surface area (Å²) >= 11 is 0. The van der Waals surface area contributed by atoms with Crippen LogP contribution in [0.3, 0.4) is 0 Å². The first kappa shape index (κ1) is 14.2. The van der Waals surface area contributed by atoms with Gasteiger partial charge in [0.15, 0.2) is 0 Å². The van der Waals surface area contributed by atoms with E-state index in [0.29, 0.717) is 24.8 Å². The molecule has 2 fully saturated rings. The molecule has 112 valence electrons. The molecule has 7 heteroatoms. The fourth-order valence-electron chi connectivity index (χ4n) is 3.39. The van der Waals surface area contributed by atoms with E-state index in [1.807, 2.05) is 0 Å². The van der Waals surface area contributed by atoms with Crippen molar-refractivity contribution in [1.29, 1.82) is 0 Å². The number of fused-ring (bicyclic) bond motifs is 2. The summed E-state index contributed by atoms with van der Waals surface area (Å²) in [5, 5.41) is 0. The van der Waals surface area contributed by atoms with Crippen molar-refractivity contribution in [3.63, 3.8) is 0 Å². The molecule has 2 aliphatic carbocycles. The molecule has 1 heterocycles. The predicted octanol–water partition coefficient (Wildman–Crippen LogP) is 0.810. The third kappa shape index (κ3) is 2.46. The molecule has 1 aromatic rings. The number of Topliss-reactive ketones (excluding diaryl/α,β-unsaturated/α-hetero) is 1. The zero-order valence-electron chi connectivity index (χ0n) is 11.6. The van der Waals surface area contributed by atoms with Crippen molar-refractivity contribution in [2.24, 2.45) is 17.8 Å². The normalized spacial score (nSPS) is 27.9. The van der Waals surface area contributed by atoms with Gasteiger partial charge in [-0.2, -0.15) is 0 Å². The van der Waals surface area contributed by atoms with Gasteiger partial charge in [-0.05, 0) is 37.3 Å². The Morgan fingerprint density at radius 2 is 2.14 bits per heavy atom.